The Morgan fingerprint density at radius 2 is 2.09 bits per heavy atom. The molecule has 1 aromatic carbocycles. The van der Waals surface area contributed by atoms with Gasteiger partial charge in [0, 0.05) is 18.5 Å². The summed E-state index contributed by atoms with van der Waals surface area (Å²) in [5, 5.41) is 8.74. The van der Waals surface area contributed by atoms with Gasteiger partial charge in [-0.25, -0.2) is 4.79 Å². The van der Waals surface area contributed by atoms with Gasteiger partial charge in [-0.05, 0) is 44.2 Å². The molecule has 2 fully saturated rings. The minimum atomic E-state index is -0.448. The maximum atomic E-state index is 12.2. The Morgan fingerprint density at radius 1 is 1.41 bits per heavy atom. The molecule has 1 saturated heterocycles. The highest BCUT2D eigenvalue weighted by atomic mass is 16.6. The third kappa shape index (κ3) is 2.68. The van der Waals surface area contributed by atoms with Crippen molar-refractivity contribution in [3.05, 3.63) is 35.4 Å². The van der Waals surface area contributed by atoms with Crippen LogP contribution in [0.25, 0.3) is 0 Å². The number of piperidine rings is 1. The van der Waals surface area contributed by atoms with Gasteiger partial charge < -0.3 is 9.64 Å². The predicted molar refractivity (Wildman–Crippen MR) is 83.4 cm³/mol. The van der Waals surface area contributed by atoms with Crippen LogP contribution in [0.3, 0.4) is 0 Å². The predicted octanol–water partition coefficient (Wildman–Crippen LogP) is 3.26. The van der Waals surface area contributed by atoms with Gasteiger partial charge in [0.25, 0.3) is 0 Å². The van der Waals surface area contributed by atoms with Crippen LogP contribution in [-0.4, -0.2) is 29.7 Å². The maximum Gasteiger partial charge on any atom is 0.410 e. The van der Waals surface area contributed by atoms with Crippen molar-refractivity contribution in [3.8, 4) is 6.07 Å². The Bertz CT molecular complexity index is 624. The lowest BCUT2D eigenvalue weighted by molar-refractivity contribution is 0.0270. The standard InChI is InChI=1S/C18H22N2O2/c1-17(2,3)22-16(21)20-11-15-10-18(15,12-20)14-6-4-13(5-7-14)8-9-19/h4-7,15H,8,10-12H2,1-3H3. The SMILES string of the molecule is CC(C)(C)OC(=O)N1CC2CC2(c2ccc(CC#N)cc2)C1. The van der Waals surface area contributed by atoms with Crippen molar-refractivity contribution >= 4 is 6.09 Å². The molecule has 2 atom stereocenters. The minimum absolute atomic E-state index is 0.113. The molecule has 0 aromatic heterocycles. The zero-order chi connectivity index (χ0) is 16.0. The third-order valence-corrected chi connectivity index (χ3v) is 4.61. The fraction of sp³-hybridized carbons (Fsp3) is 0.556. The van der Waals surface area contributed by atoms with E-state index in [1.807, 2.05) is 37.8 Å². The summed E-state index contributed by atoms with van der Waals surface area (Å²) in [5.41, 5.74) is 1.99. The molecule has 4 nitrogen and oxygen atoms in total. The Balaban J connectivity index is 1.69. The lowest BCUT2D eigenvalue weighted by atomic mass is 9.94. The first-order valence-electron chi connectivity index (χ1n) is 7.78. The van der Waals surface area contributed by atoms with Gasteiger partial charge in [-0.3, -0.25) is 0 Å². The van der Waals surface area contributed by atoms with Crippen LogP contribution in [0.2, 0.25) is 0 Å². The molecule has 0 bridgehead atoms. The highest BCUT2D eigenvalue weighted by Crippen LogP contribution is 2.59. The average molecular weight is 298 g/mol. The minimum Gasteiger partial charge on any atom is -0.444 e. The first-order chi connectivity index (χ1) is 10.3. The largest absolute Gasteiger partial charge is 0.444 e. The van der Waals surface area contributed by atoms with Gasteiger partial charge in [0.05, 0.1) is 12.5 Å². The van der Waals surface area contributed by atoms with Crippen molar-refractivity contribution in [3.63, 3.8) is 0 Å². The average Bonchev–Trinajstić information content (AvgIpc) is 3.00. The van der Waals surface area contributed by atoms with E-state index in [0.29, 0.717) is 12.3 Å². The fourth-order valence-electron chi connectivity index (χ4n) is 3.44. The van der Waals surface area contributed by atoms with E-state index in [1.54, 1.807) is 0 Å². The van der Waals surface area contributed by atoms with Crippen LogP contribution in [0.5, 0.6) is 0 Å². The Labute approximate surface area is 131 Å². The summed E-state index contributed by atoms with van der Waals surface area (Å²) in [7, 11) is 0. The Hall–Kier alpha value is -2.02. The molecule has 3 rings (SSSR count). The highest BCUT2D eigenvalue weighted by molar-refractivity contribution is 5.69. The van der Waals surface area contributed by atoms with E-state index in [-0.39, 0.29) is 11.5 Å². The van der Waals surface area contributed by atoms with Crippen molar-refractivity contribution in [1.82, 2.24) is 4.90 Å². The molecule has 1 amide bonds. The number of nitrogens with zero attached hydrogens (tertiary/aromatic N) is 2. The van der Waals surface area contributed by atoms with Crippen LogP contribution in [0, 0.1) is 17.2 Å². The fourth-order valence-corrected chi connectivity index (χ4v) is 3.44. The van der Waals surface area contributed by atoms with E-state index in [9.17, 15) is 4.79 Å². The normalized spacial score (nSPS) is 26.3. The van der Waals surface area contributed by atoms with Crippen LogP contribution in [0.4, 0.5) is 4.79 Å². The third-order valence-electron chi connectivity index (χ3n) is 4.61. The van der Waals surface area contributed by atoms with Gasteiger partial charge in [-0.2, -0.15) is 5.26 Å². The second kappa shape index (κ2) is 5.01. The molecule has 1 aliphatic carbocycles. The summed E-state index contributed by atoms with van der Waals surface area (Å²) in [6.07, 6.45) is 1.38. The maximum absolute atomic E-state index is 12.2. The van der Waals surface area contributed by atoms with Gasteiger partial charge in [-0.15, -0.1) is 0 Å². The Morgan fingerprint density at radius 3 is 2.68 bits per heavy atom. The van der Waals surface area contributed by atoms with E-state index in [2.05, 4.69) is 18.2 Å². The van der Waals surface area contributed by atoms with E-state index in [4.69, 9.17) is 10.00 Å². The number of nitriles is 1. The number of fused-ring (bicyclic) bond motifs is 1. The molecular formula is C18H22N2O2. The van der Waals surface area contributed by atoms with Crippen LogP contribution < -0.4 is 0 Å². The molecule has 4 heteroatoms. The second-order valence-electron chi connectivity index (χ2n) is 7.45. The van der Waals surface area contributed by atoms with Crippen LogP contribution in [0.15, 0.2) is 24.3 Å². The van der Waals surface area contributed by atoms with Crippen molar-refractivity contribution < 1.29 is 9.53 Å². The number of carbonyl (C=O) groups excluding carboxylic acids is 1. The summed E-state index contributed by atoms with van der Waals surface area (Å²) < 4.78 is 5.47. The Kier molecular flexibility index (Phi) is 3.40. The van der Waals surface area contributed by atoms with Crippen molar-refractivity contribution in [2.45, 2.75) is 44.6 Å². The van der Waals surface area contributed by atoms with E-state index in [0.717, 1.165) is 25.1 Å². The van der Waals surface area contributed by atoms with Crippen molar-refractivity contribution in [1.29, 1.82) is 5.26 Å². The summed E-state index contributed by atoms with van der Waals surface area (Å²) in [6, 6.07) is 10.5. The van der Waals surface area contributed by atoms with Gasteiger partial charge in [0.15, 0.2) is 0 Å². The summed E-state index contributed by atoms with van der Waals surface area (Å²) in [5.74, 6) is 0.543. The zero-order valence-corrected chi connectivity index (χ0v) is 13.4. The second-order valence-corrected chi connectivity index (χ2v) is 7.45. The molecule has 0 radical (unpaired) electrons. The first-order valence-corrected chi connectivity index (χ1v) is 7.78. The molecule has 2 unspecified atom stereocenters. The summed E-state index contributed by atoms with van der Waals surface area (Å²) in [4.78, 5) is 14.0. The monoisotopic (exact) mass is 298 g/mol. The van der Waals surface area contributed by atoms with Crippen LogP contribution in [-0.2, 0) is 16.6 Å². The number of amides is 1. The molecule has 116 valence electrons. The van der Waals surface area contributed by atoms with Gasteiger partial charge in [-0.1, -0.05) is 24.3 Å². The molecule has 0 N–H and O–H groups in total. The van der Waals surface area contributed by atoms with Crippen LogP contribution >= 0.6 is 0 Å². The lowest BCUT2D eigenvalue weighted by Gasteiger charge is -2.26. The van der Waals surface area contributed by atoms with Gasteiger partial charge >= 0.3 is 6.09 Å². The topological polar surface area (TPSA) is 53.3 Å². The highest BCUT2D eigenvalue weighted by Gasteiger charge is 2.62. The molecule has 2 aliphatic rings. The van der Waals surface area contributed by atoms with E-state index >= 15 is 0 Å². The number of likely N-dealkylation sites (tertiary alicyclic amines) is 1. The molecule has 1 aliphatic heterocycles. The molecule has 1 heterocycles. The molecule has 0 spiro atoms. The number of ether oxygens (including phenoxy) is 1. The van der Waals surface area contributed by atoms with Gasteiger partial charge in [0.1, 0.15) is 5.60 Å². The smallest absolute Gasteiger partial charge is 0.410 e. The summed E-state index contributed by atoms with van der Waals surface area (Å²) in [6.45, 7) is 7.21. The van der Waals surface area contributed by atoms with E-state index < -0.39 is 5.60 Å². The van der Waals surface area contributed by atoms with Gasteiger partial charge in [0.2, 0.25) is 0 Å². The van der Waals surface area contributed by atoms with Crippen molar-refractivity contribution in [2.24, 2.45) is 5.92 Å². The number of benzene rings is 1. The lowest BCUT2D eigenvalue weighted by Crippen LogP contribution is -2.37. The number of hydrogen-bond donors (Lipinski definition) is 0. The summed E-state index contributed by atoms with van der Waals surface area (Å²) >= 11 is 0. The zero-order valence-electron chi connectivity index (χ0n) is 13.4. The molecule has 1 aromatic rings. The number of carbonyl (C=O) groups is 1. The first kappa shape index (κ1) is 14.9. The molecule has 22 heavy (non-hydrogen) atoms. The van der Waals surface area contributed by atoms with E-state index in [1.165, 1.54) is 5.56 Å². The molecular weight excluding hydrogens is 276 g/mol. The quantitative estimate of drug-likeness (QED) is 0.842. The van der Waals surface area contributed by atoms with Crippen molar-refractivity contribution in [2.75, 3.05) is 13.1 Å². The van der Waals surface area contributed by atoms with Crippen LogP contribution in [0.1, 0.15) is 38.3 Å². The number of rotatable bonds is 2. The molecule has 1 saturated carbocycles. The number of hydrogen-bond acceptors (Lipinski definition) is 3.